The van der Waals surface area contributed by atoms with E-state index in [9.17, 15) is 18.3 Å². The standard InChI is InChI=1S/C22H28N6O6S2/c1-4-28(11-12-29)36(31,32)19-7-5-16(6-8-19)20(26-34-14-17-9-10-27(2)25-17)21(30)24-22-23-13-18(35-22)15-33-3/h5-10,13,29H,4,11-12,14-15H2,1-3H3,(H,23,24,30). The van der Waals surface area contributed by atoms with Gasteiger partial charge in [-0.25, -0.2) is 13.4 Å². The molecule has 3 rings (SSSR count). The Labute approximate surface area is 213 Å². The maximum absolute atomic E-state index is 13.1. The van der Waals surface area contributed by atoms with E-state index in [4.69, 9.17) is 9.57 Å². The molecule has 0 aliphatic rings. The first-order valence-corrected chi connectivity index (χ1v) is 13.2. The van der Waals surface area contributed by atoms with Crippen LogP contribution in [0, 0.1) is 0 Å². The Hall–Kier alpha value is -3.17. The van der Waals surface area contributed by atoms with Gasteiger partial charge in [-0.15, -0.1) is 0 Å². The molecule has 0 aliphatic heterocycles. The average Bonchev–Trinajstić information content (AvgIpc) is 3.48. The molecule has 1 amide bonds. The molecule has 2 aromatic heterocycles. The molecule has 0 bridgehead atoms. The zero-order valence-corrected chi connectivity index (χ0v) is 21.8. The summed E-state index contributed by atoms with van der Waals surface area (Å²) in [6.07, 6.45) is 3.36. The number of carbonyl (C=O) groups excluding carboxylic acids is 1. The summed E-state index contributed by atoms with van der Waals surface area (Å²) >= 11 is 1.26. The molecule has 0 saturated heterocycles. The lowest BCUT2D eigenvalue weighted by molar-refractivity contribution is -0.110. The van der Waals surface area contributed by atoms with Crippen molar-refractivity contribution in [3.05, 3.63) is 58.9 Å². The first kappa shape index (κ1) is 27.4. The Morgan fingerprint density at radius 1 is 1.25 bits per heavy atom. The minimum Gasteiger partial charge on any atom is -0.395 e. The number of anilines is 1. The first-order chi connectivity index (χ1) is 17.3. The minimum absolute atomic E-state index is 0.0179. The van der Waals surface area contributed by atoms with Crippen LogP contribution < -0.4 is 5.32 Å². The third kappa shape index (κ3) is 6.95. The van der Waals surface area contributed by atoms with Crippen molar-refractivity contribution in [1.82, 2.24) is 19.1 Å². The number of aryl methyl sites for hydroxylation is 1. The number of methoxy groups -OCH3 is 1. The van der Waals surface area contributed by atoms with Gasteiger partial charge in [0.1, 0.15) is 5.69 Å². The fraction of sp³-hybridized carbons (Fsp3) is 0.364. The first-order valence-electron chi connectivity index (χ1n) is 10.9. The number of aromatic nitrogens is 3. The molecule has 0 spiro atoms. The van der Waals surface area contributed by atoms with Crippen molar-refractivity contribution in [2.24, 2.45) is 12.2 Å². The minimum atomic E-state index is -3.81. The predicted molar refractivity (Wildman–Crippen MR) is 134 cm³/mol. The highest BCUT2D eigenvalue weighted by atomic mass is 32.2. The Bertz CT molecular complexity index is 1290. The molecule has 1 aromatic carbocycles. The third-order valence-electron chi connectivity index (χ3n) is 4.88. The summed E-state index contributed by atoms with van der Waals surface area (Å²) < 4.78 is 33.6. The van der Waals surface area contributed by atoms with E-state index in [0.29, 0.717) is 23.0 Å². The van der Waals surface area contributed by atoms with Crippen molar-refractivity contribution in [3.63, 3.8) is 0 Å². The number of hydrogen-bond acceptors (Lipinski definition) is 10. The fourth-order valence-corrected chi connectivity index (χ4v) is 5.37. The van der Waals surface area contributed by atoms with Gasteiger partial charge in [-0.05, 0) is 18.2 Å². The maximum atomic E-state index is 13.1. The Balaban J connectivity index is 1.86. The van der Waals surface area contributed by atoms with Gasteiger partial charge in [0.05, 0.1) is 23.0 Å². The molecule has 194 valence electrons. The second-order valence-electron chi connectivity index (χ2n) is 7.46. The van der Waals surface area contributed by atoms with Crippen LogP contribution in [0.15, 0.2) is 52.8 Å². The highest BCUT2D eigenvalue weighted by Crippen LogP contribution is 2.20. The second-order valence-corrected chi connectivity index (χ2v) is 10.5. The largest absolute Gasteiger partial charge is 0.395 e. The van der Waals surface area contributed by atoms with Crippen LogP contribution in [-0.2, 0) is 44.7 Å². The SMILES string of the molecule is CCN(CCO)S(=O)(=O)c1ccc(C(=NOCc2ccn(C)n2)C(=O)Nc2ncc(COC)s2)cc1. The van der Waals surface area contributed by atoms with Crippen LogP contribution in [0.3, 0.4) is 0 Å². The summed E-state index contributed by atoms with van der Waals surface area (Å²) in [7, 11) is -0.471. The highest BCUT2D eigenvalue weighted by Gasteiger charge is 2.24. The van der Waals surface area contributed by atoms with Gasteiger partial charge in [-0.1, -0.05) is 35.5 Å². The van der Waals surface area contributed by atoms with Crippen molar-refractivity contribution in [1.29, 1.82) is 0 Å². The molecule has 0 radical (unpaired) electrons. The average molecular weight is 537 g/mol. The molecule has 0 unspecified atom stereocenters. The van der Waals surface area contributed by atoms with Crippen molar-refractivity contribution in [2.75, 3.05) is 32.1 Å². The number of carbonyl (C=O) groups is 1. The summed E-state index contributed by atoms with van der Waals surface area (Å²) in [5.41, 5.74) is 0.891. The number of rotatable bonds is 13. The number of hydrogen-bond donors (Lipinski definition) is 2. The van der Waals surface area contributed by atoms with Gasteiger partial charge in [0, 0.05) is 45.2 Å². The van der Waals surface area contributed by atoms with Crippen LogP contribution in [0.2, 0.25) is 0 Å². The molecular weight excluding hydrogens is 508 g/mol. The molecule has 3 aromatic rings. The second kappa shape index (κ2) is 12.7. The fourth-order valence-electron chi connectivity index (χ4n) is 3.15. The van der Waals surface area contributed by atoms with E-state index in [0.717, 1.165) is 4.88 Å². The van der Waals surface area contributed by atoms with E-state index >= 15 is 0 Å². The number of aliphatic hydroxyl groups excluding tert-OH is 1. The number of nitrogens with zero attached hydrogens (tertiary/aromatic N) is 5. The molecule has 2 N–H and O–H groups in total. The number of ether oxygens (including phenoxy) is 1. The van der Waals surface area contributed by atoms with Crippen LogP contribution >= 0.6 is 11.3 Å². The molecule has 0 fully saturated rings. The van der Waals surface area contributed by atoms with Crippen molar-refractivity contribution in [2.45, 2.75) is 25.0 Å². The number of thiazole rings is 1. The monoisotopic (exact) mass is 536 g/mol. The Morgan fingerprint density at radius 2 is 2.00 bits per heavy atom. The van der Waals surface area contributed by atoms with Crippen molar-refractivity contribution >= 4 is 38.1 Å². The topological polar surface area (TPSA) is 148 Å². The maximum Gasteiger partial charge on any atom is 0.280 e. The van der Waals surface area contributed by atoms with Gasteiger partial charge < -0.3 is 14.7 Å². The molecule has 0 atom stereocenters. The summed E-state index contributed by atoms with van der Waals surface area (Å²) in [6, 6.07) is 7.47. The Morgan fingerprint density at radius 3 is 2.61 bits per heavy atom. The zero-order valence-electron chi connectivity index (χ0n) is 20.1. The van der Waals surface area contributed by atoms with E-state index < -0.39 is 15.9 Å². The number of amides is 1. The number of likely N-dealkylation sites (N-methyl/N-ethyl adjacent to an activating group) is 1. The summed E-state index contributed by atoms with van der Waals surface area (Å²) in [5.74, 6) is -0.583. The van der Waals surface area contributed by atoms with E-state index in [1.54, 1.807) is 44.2 Å². The van der Waals surface area contributed by atoms with Gasteiger partial charge in [0.25, 0.3) is 5.91 Å². The lowest BCUT2D eigenvalue weighted by Crippen LogP contribution is -2.33. The predicted octanol–water partition coefficient (Wildman–Crippen LogP) is 1.59. The lowest BCUT2D eigenvalue weighted by Gasteiger charge is -2.19. The van der Waals surface area contributed by atoms with Gasteiger partial charge >= 0.3 is 0 Å². The summed E-state index contributed by atoms with van der Waals surface area (Å²) in [6.45, 7) is 1.98. The van der Waals surface area contributed by atoms with Crippen molar-refractivity contribution in [3.8, 4) is 0 Å². The molecule has 0 aliphatic carbocycles. The summed E-state index contributed by atoms with van der Waals surface area (Å²) in [5, 5.41) is 20.4. The molecule has 12 nitrogen and oxygen atoms in total. The molecule has 36 heavy (non-hydrogen) atoms. The molecule has 14 heteroatoms. The number of aliphatic hydroxyl groups is 1. The Kier molecular flexibility index (Phi) is 9.66. The van der Waals surface area contributed by atoms with Crippen LogP contribution in [0.4, 0.5) is 5.13 Å². The van der Waals surface area contributed by atoms with Gasteiger partial charge in [0.15, 0.2) is 17.5 Å². The quantitative estimate of drug-likeness (QED) is 0.247. The van der Waals surface area contributed by atoms with Crippen LogP contribution in [0.25, 0.3) is 0 Å². The van der Waals surface area contributed by atoms with Crippen LogP contribution in [0.5, 0.6) is 0 Å². The zero-order chi connectivity index (χ0) is 26.1. The van der Waals surface area contributed by atoms with Crippen molar-refractivity contribution < 1.29 is 27.9 Å². The van der Waals surface area contributed by atoms with Gasteiger partial charge in [-0.2, -0.15) is 9.40 Å². The number of oxime groups is 1. The molecule has 2 heterocycles. The number of sulfonamides is 1. The van der Waals surface area contributed by atoms with Crippen LogP contribution in [-0.4, -0.2) is 71.0 Å². The molecule has 0 saturated carbocycles. The van der Waals surface area contributed by atoms with Gasteiger partial charge in [-0.3, -0.25) is 14.8 Å². The number of nitrogens with one attached hydrogen (secondary N) is 1. The van der Waals surface area contributed by atoms with E-state index in [1.165, 1.54) is 39.9 Å². The summed E-state index contributed by atoms with van der Waals surface area (Å²) in [4.78, 5) is 23.5. The smallest absolute Gasteiger partial charge is 0.280 e. The third-order valence-corrected chi connectivity index (χ3v) is 7.76. The van der Waals surface area contributed by atoms with E-state index in [1.807, 2.05) is 0 Å². The molecular formula is C22H28N6O6S2. The van der Waals surface area contributed by atoms with Crippen LogP contribution in [0.1, 0.15) is 23.1 Å². The van der Waals surface area contributed by atoms with E-state index in [2.05, 4.69) is 20.6 Å². The van der Waals surface area contributed by atoms with Gasteiger partial charge in [0.2, 0.25) is 10.0 Å². The lowest BCUT2D eigenvalue weighted by atomic mass is 10.1. The highest BCUT2D eigenvalue weighted by molar-refractivity contribution is 7.89. The number of benzene rings is 1. The van der Waals surface area contributed by atoms with E-state index in [-0.39, 0.29) is 36.9 Å². The normalized spacial score (nSPS) is 12.2.